The van der Waals surface area contributed by atoms with Crippen LogP contribution in [0.15, 0.2) is 72.0 Å². The van der Waals surface area contributed by atoms with E-state index in [1.807, 2.05) is 13.0 Å². The lowest BCUT2D eigenvalue weighted by molar-refractivity contribution is -0.137. The molecule has 0 fully saturated rings. The van der Waals surface area contributed by atoms with Crippen molar-refractivity contribution >= 4 is 5.90 Å². The molecule has 4 nitrogen and oxygen atoms in total. The highest BCUT2D eigenvalue weighted by atomic mass is 19.4. The predicted molar refractivity (Wildman–Crippen MR) is 99.4 cm³/mol. The van der Waals surface area contributed by atoms with Crippen LogP contribution < -0.4 is 5.48 Å². The van der Waals surface area contributed by atoms with Crippen molar-refractivity contribution < 1.29 is 18.0 Å². The molecule has 1 N–H and O–H groups in total. The van der Waals surface area contributed by atoms with Crippen LogP contribution in [0.2, 0.25) is 0 Å². The van der Waals surface area contributed by atoms with Gasteiger partial charge in [-0.1, -0.05) is 36.4 Å². The summed E-state index contributed by atoms with van der Waals surface area (Å²) in [5, 5.41) is 0. The van der Waals surface area contributed by atoms with Crippen LogP contribution in [-0.2, 0) is 11.0 Å². The summed E-state index contributed by atoms with van der Waals surface area (Å²) in [6, 6.07) is 14.5. The van der Waals surface area contributed by atoms with E-state index < -0.39 is 17.9 Å². The normalized spacial score (nSPS) is 16.6. The molecule has 0 amide bonds. The van der Waals surface area contributed by atoms with Gasteiger partial charge in [0.1, 0.15) is 0 Å². The monoisotopic (exact) mass is 383 g/mol. The molecule has 7 heteroatoms. The Morgan fingerprint density at radius 1 is 0.964 bits per heavy atom. The molecule has 1 aromatic heterocycles. The van der Waals surface area contributed by atoms with Crippen LogP contribution in [0.5, 0.6) is 0 Å². The van der Waals surface area contributed by atoms with Crippen molar-refractivity contribution in [1.29, 1.82) is 0 Å². The second-order valence-corrected chi connectivity index (χ2v) is 6.48. The number of nitrogens with zero attached hydrogens (tertiary/aromatic N) is 2. The molecule has 0 saturated heterocycles. The molecule has 2 heterocycles. The quantitative estimate of drug-likeness (QED) is 0.688. The van der Waals surface area contributed by atoms with E-state index in [2.05, 4.69) is 15.5 Å². The molecule has 0 radical (unpaired) electrons. The summed E-state index contributed by atoms with van der Waals surface area (Å²) in [6.07, 6.45) is -1.68. The molecule has 1 unspecified atom stereocenters. The minimum Gasteiger partial charge on any atom is -0.386 e. The van der Waals surface area contributed by atoms with Crippen molar-refractivity contribution in [2.45, 2.75) is 19.3 Å². The van der Waals surface area contributed by atoms with Crippen molar-refractivity contribution in [2.75, 3.05) is 0 Å². The van der Waals surface area contributed by atoms with Crippen LogP contribution in [0.1, 0.15) is 28.4 Å². The number of aromatic nitrogens is 1. The first kappa shape index (κ1) is 18.2. The van der Waals surface area contributed by atoms with E-state index in [1.54, 1.807) is 48.8 Å². The van der Waals surface area contributed by atoms with Gasteiger partial charge < -0.3 is 4.84 Å². The standard InChI is InChI=1S/C21H16F3N3O/c1-13-9-16(12-25-11-13)19-26-20(28-27-19)15-7-8-17(14-5-3-2-4-6-14)18(10-15)21(22,23)24/h2-12,19,27H,1H3. The fourth-order valence-corrected chi connectivity index (χ4v) is 3.07. The third-order valence-corrected chi connectivity index (χ3v) is 4.38. The average molecular weight is 383 g/mol. The van der Waals surface area contributed by atoms with E-state index in [0.717, 1.165) is 17.2 Å². The Morgan fingerprint density at radius 2 is 1.75 bits per heavy atom. The number of alkyl halides is 3. The molecule has 0 aliphatic carbocycles. The van der Waals surface area contributed by atoms with Gasteiger partial charge in [-0.3, -0.25) is 4.98 Å². The van der Waals surface area contributed by atoms with E-state index in [1.165, 1.54) is 6.07 Å². The van der Waals surface area contributed by atoms with E-state index in [0.29, 0.717) is 5.56 Å². The molecule has 3 aromatic rings. The maximum Gasteiger partial charge on any atom is 0.417 e. The summed E-state index contributed by atoms with van der Waals surface area (Å²) in [5.41, 5.74) is 4.58. The molecule has 0 spiro atoms. The Kier molecular flexibility index (Phi) is 4.60. The molecule has 142 valence electrons. The molecular weight excluding hydrogens is 367 g/mol. The maximum atomic E-state index is 13.7. The molecule has 0 bridgehead atoms. The highest BCUT2D eigenvalue weighted by Gasteiger charge is 2.35. The number of rotatable bonds is 3. The summed E-state index contributed by atoms with van der Waals surface area (Å²) in [5.74, 6) is 0.108. The zero-order valence-corrected chi connectivity index (χ0v) is 14.9. The second-order valence-electron chi connectivity index (χ2n) is 6.48. The van der Waals surface area contributed by atoms with Crippen molar-refractivity contribution in [3.05, 3.63) is 89.2 Å². The lowest BCUT2D eigenvalue weighted by Gasteiger charge is -2.14. The average Bonchev–Trinajstić information content (AvgIpc) is 3.18. The van der Waals surface area contributed by atoms with Crippen LogP contribution in [0.25, 0.3) is 11.1 Å². The molecule has 0 saturated carbocycles. The largest absolute Gasteiger partial charge is 0.417 e. The lowest BCUT2D eigenvalue weighted by Crippen LogP contribution is -2.15. The highest BCUT2D eigenvalue weighted by molar-refractivity contribution is 5.95. The maximum absolute atomic E-state index is 13.7. The Hall–Kier alpha value is -3.19. The molecule has 1 atom stereocenters. The minimum absolute atomic E-state index is 0.108. The highest BCUT2D eigenvalue weighted by Crippen LogP contribution is 2.38. The van der Waals surface area contributed by atoms with Crippen LogP contribution in [-0.4, -0.2) is 10.9 Å². The zero-order valence-electron chi connectivity index (χ0n) is 14.9. The van der Waals surface area contributed by atoms with E-state index in [-0.39, 0.29) is 17.0 Å². The summed E-state index contributed by atoms with van der Waals surface area (Å²) in [4.78, 5) is 13.8. The van der Waals surface area contributed by atoms with Crippen LogP contribution in [0, 0.1) is 6.92 Å². The molecule has 1 aliphatic heterocycles. The van der Waals surface area contributed by atoms with Crippen LogP contribution >= 0.6 is 0 Å². The fourth-order valence-electron chi connectivity index (χ4n) is 3.07. The van der Waals surface area contributed by atoms with Gasteiger partial charge in [-0.05, 0) is 41.8 Å². The molecule has 2 aromatic carbocycles. The number of aliphatic imine (C=N–C) groups is 1. The Morgan fingerprint density at radius 3 is 2.46 bits per heavy atom. The van der Waals surface area contributed by atoms with E-state index in [9.17, 15) is 13.2 Å². The van der Waals surface area contributed by atoms with Crippen molar-refractivity contribution in [3.63, 3.8) is 0 Å². The van der Waals surface area contributed by atoms with Crippen LogP contribution in [0.3, 0.4) is 0 Å². The number of nitrogens with one attached hydrogen (secondary N) is 1. The van der Waals surface area contributed by atoms with Gasteiger partial charge in [0.15, 0.2) is 6.17 Å². The first-order chi connectivity index (χ1) is 13.4. The number of aryl methyl sites for hydroxylation is 1. The number of benzene rings is 2. The molecule has 28 heavy (non-hydrogen) atoms. The predicted octanol–water partition coefficient (Wildman–Crippen LogP) is 5.06. The Balaban J connectivity index is 1.72. The third-order valence-electron chi connectivity index (χ3n) is 4.38. The van der Waals surface area contributed by atoms with Crippen molar-refractivity contribution in [1.82, 2.24) is 10.5 Å². The number of hydroxylamine groups is 1. The second kappa shape index (κ2) is 7.09. The first-order valence-corrected chi connectivity index (χ1v) is 8.60. The van der Waals surface area contributed by atoms with Gasteiger partial charge in [0.2, 0.25) is 5.90 Å². The molecular formula is C21H16F3N3O. The minimum atomic E-state index is -4.51. The first-order valence-electron chi connectivity index (χ1n) is 8.60. The third kappa shape index (κ3) is 3.61. The van der Waals surface area contributed by atoms with E-state index in [4.69, 9.17) is 4.84 Å². The van der Waals surface area contributed by atoms with Gasteiger partial charge in [0, 0.05) is 23.5 Å². The summed E-state index contributed by atoms with van der Waals surface area (Å²) >= 11 is 0. The van der Waals surface area contributed by atoms with E-state index >= 15 is 0 Å². The Bertz CT molecular complexity index is 1030. The fraction of sp³-hybridized carbons (Fsp3) is 0.143. The van der Waals surface area contributed by atoms with Crippen LogP contribution in [0.4, 0.5) is 13.2 Å². The number of pyridine rings is 1. The van der Waals surface area contributed by atoms with Gasteiger partial charge in [0.05, 0.1) is 5.56 Å². The van der Waals surface area contributed by atoms with Gasteiger partial charge >= 0.3 is 6.18 Å². The van der Waals surface area contributed by atoms with Crippen molar-refractivity contribution in [2.24, 2.45) is 4.99 Å². The van der Waals surface area contributed by atoms with Gasteiger partial charge in [0.25, 0.3) is 0 Å². The number of hydrogen-bond acceptors (Lipinski definition) is 4. The Labute approximate surface area is 159 Å². The lowest BCUT2D eigenvalue weighted by atomic mass is 9.97. The summed E-state index contributed by atoms with van der Waals surface area (Å²) < 4.78 is 41.0. The molecule has 4 rings (SSSR count). The van der Waals surface area contributed by atoms with Gasteiger partial charge in [-0.15, -0.1) is 5.48 Å². The van der Waals surface area contributed by atoms with Gasteiger partial charge in [-0.25, -0.2) is 4.99 Å². The molecule has 1 aliphatic rings. The zero-order chi connectivity index (χ0) is 19.7. The topological polar surface area (TPSA) is 46.5 Å². The smallest absolute Gasteiger partial charge is 0.386 e. The van der Waals surface area contributed by atoms with Gasteiger partial charge in [-0.2, -0.15) is 13.2 Å². The summed E-state index contributed by atoms with van der Waals surface area (Å²) in [6.45, 7) is 1.90. The SMILES string of the molecule is Cc1cncc(C2N=C(c3ccc(-c4ccccc4)c(C(F)(F)F)c3)ON2)c1. The van der Waals surface area contributed by atoms with Crippen molar-refractivity contribution in [3.8, 4) is 11.1 Å². The number of hydrogen-bond donors (Lipinski definition) is 1. The summed E-state index contributed by atoms with van der Waals surface area (Å²) in [7, 11) is 0. The number of halogens is 3.